The fourth-order valence-electron chi connectivity index (χ4n) is 4.83. The summed E-state index contributed by atoms with van der Waals surface area (Å²) in [7, 11) is -3.80. The molecule has 0 spiro atoms. The van der Waals surface area contributed by atoms with Crippen molar-refractivity contribution in [2.75, 3.05) is 17.1 Å². The fourth-order valence-corrected chi connectivity index (χ4v) is 5.73. The number of carbonyl (C=O) groups excluding carboxylic acids is 2. The number of hydrogen-bond acceptors (Lipinski definition) is 4. The summed E-state index contributed by atoms with van der Waals surface area (Å²) in [4.78, 5) is 28.6. The van der Waals surface area contributed by atoms with E-state index in [-0.39, 0.29) is 18.5 Å². The summed E-state index contributed by atoms with van der Waals surface area (Å²) in [6.45, 7) is 5.09. The van der Waals surface area contributed by atoms with E-state index in [1.165, 1.54) is 17.0 Å². The molecule has 0 saturated heterocycles. The first kappa shape index (κ1) is 28.6. The third-order valence-electron chi connectivity index (χ3n) is 6.92. The molecule has 9 heteroatoms. The minimum Gasteiger partial charge on any atom is -0.352 e. The Morgan fingerprint density at radius 3 is 2.30 bits per heavy atom. The standard InChI is InChI=1S/C28H38FN3O4S/c1-5-25(28(34)30-24-9-7-6-8-10-24)31(18-22-13-15-23(29)16-14-22)27(33)19-32(37(4,35)36)26-17-20(2)11-12-21(26)3/h11-17,24-25H,5-10,18-19H2,1-4H3,(H,30,34)/t25-/m1/s1. The highest BCUT2D eigenvalue weighted by atomic mass is 32.2. The summed E-state index contributed by atoms with van der Waals surface area (Å²) >= 11 is 0. The van der Waals surface area contributed by atoms with Gasteiger partial charge in [-0.1, -0.05) is 50.5 Å². The van der Waals surface area contributed by atoms with E-state index in [1.54, 1.807) is 25.1 Å². The second kappa shape index (κ2) is 12.5. The Labute approximate surface area is 220 Å². The van der Waals surface area contributed by atoms with Crippen LogP contribution in [-0.4, -0.2) is 50.0 Å². The maximum atomic E-state index is 13.8. The third kappa shape index (κ3) is 7.77. The molecule has 1 saturated carbocycles. The van der Waals surface area contributed by atoms with Crippen molar-refractivity contribution in [2.45, 2.75) is 77.9 Å². The van der Waals surface area contributed by atoms with Gasteiger partial charge in [-0.3, -0.25) is 13.9 Å². The van der Waals surface area contributed by atoms with E-state index in [4.69, 9.17) is 0 Å². The van der Waals surface area contributed by atoms with Gasteiger partial charge in [0.05, 0.1) is 11.9 Å². The monoisotopic (exact) mass is 531 g/mol. The number of aryl methyl sites for hydroxylation is 2. The summed E-state index contributed by atoms with van der Waals surface area (Å²) in [5.41, 5.74) is 2.66. The summed E-state index contributed by atoms with van der Waals surface area (Å²) in [5, 5.41) is 3.11. The van der Waals surface area contributed by atoms with Crippen LogP contribution in [0.1, 0.15) is 62.1 Å². The van der Waals surface area contributed by atoms with E-state index >= 15 is 0 Å². The van der Waals surface area contributed by atoms with Crippen LogP contribution < -0.4 is 9.62 Å². The first-order valence-corrected chi connectivity index (χ1v) is 14.7. The molecular weight excluding hydrogens is 493 g/mol. The number of nitrogens with zero attached hydrogens (tertiary/aromatic N) is 2. The van der Waals surface area contributed by atoms with Gasteiger partial charge < -0.3 is 10.2 Å². The molecule has 2 amide bonds. The largest absolute Gasteiger partial charge is 0.352 e. The van der Waals surface area contributed by atoms with Crippen LogP contribution >= 0.6 is 0 Å². The molecule has 1 atom stereocenters. The number of hydrogen-bond donors (Lipinski definition) is 1. The highest BCUT2D eigenvalue weighted by Crippen LogP contribution is 2.25. The number of anilines is 1. The Bertz CT molecular complexity index is 1190. The Hall–Kier alpha value is -2.94. The first-order chi connectivity index (χ1) is 17.5. The predicted molar refractivity (Wildman–Crippen MR) is 144 cm³/mol. The van der Waals surface area contributed by atoms with Crippen molar-refractivity contribution in [1.82, 2.24) is 10.2 Å². The van der Waals surface area contributed by atoms with Crippen LogP contribution in [0.4, 0.5) is 10.1 Å². The van der Waals surface area contributed by atoms with Gasteiger partial charge >= 0.3 is 0 Å². The van der Waals surface area contributed by atoms with Crippen molar-refractivity contribution >= 4 is 27.5 Å². The molecule has 37 heavy (non-hydrogen) atoms. The number of amides is 2. The minimum absolute atomic E-state index is 0.0557. The first-order valence-electron chi connectivity index (χ1n) is 12.9. The second-order valence-electron chi connectivity index (χ2n) is 9.98. The Morgan fingerprint density at radius 1 is 1.05 bits per heavy atom. The number of rotatable bonds is 10. The average Bonchev–Trinajstić information content (AvgIpc) is 2.85. The third-order valence-corrected chi connectivity index (χ3v) is 8.04. The molecule has 1 N–H and O–H groups in total. The summed E-state index contributed by atoms with van der Waals surface area (Å²) in [6, 6.07) is 10.5. The summed E-state index contributed by atoms with van der Waals surface area (Å²) < 4.78 is 40.3. The maximum absolute atomic E-state index is 13.8. The molecule has 0 radical (unpaired) electrons. The van der Waals surface area contributed by atoms with Crippen LogP contribution in [-0.2, 0) is 26.2 Å². The molecule has 0 aromatic heterocycles. The van der Waals surface area contributed by atoms with Crippen LogP contribution in [0, 0.1) is 19.7 Å². The van der Waals surface area contributed by atoms with Gasteiger partial charge in [0.25, 0.3) is 0 Å². The van der Waals surface area contributed by atoms with Crippen molar-refractivity contribution in [2.24, 2.45) is 0 Å². The lowest BCUT2D eigenvalue weighted by Crippen LogP contribution is -2.54. The van der Waals surface area contributed by atoms with Gasteiger partial charge in [0.2, 0.25) is 21.8 Å². The number of halogens is 1. The molecule has 1 fully saturated rings. The Kier molecular flexibility index (Phi) is 9.70. The van der Waals surface area contributed by atoms with E-state index in [1.807, 2.05) is 26.0 Å². The molecule has 1 aliphatic rings. The van der Waals surface area contributed by atoms with Crippen molar-refractivity contribution in [3.05, 3.63) is 65.0 Å². The van der Waals surface area contributed by atoms with Gasteiger partial charge in [0, 0.05) is 12.6 Å². The molecule has 3 rings (SSSR count). The van der Waals surface area contributed by atoms with E-state index in [2.05, 4.69) is 5.32 Å². The molecule has 0 unspecified atom stereocenters. The van der Waals surface area contributed by atoms with Crippen LogP contribution in [0.25, 0.3) is 0 Å². The molecular formula is C28H38FN3O4S. The summed E-state index contributed by atoms with van der Waals surface area (Å²) in [5.74, 6) is -1.15. The second-order valence-corrected chi connectivity index (χ2v) is 11.9. The normalized spacial score (nSPS) is 15.2. The molecule has 1 aliphatic carbocycles. The van der Waals surface area contributed by atoms with Gasteiger partial charge in [-0.2, -0.15) is 0 Å². The molecule has 0 heterocycles. The predicted octanol–water partition coefficient (Wildman–Crippen LogP) is 4.46. The number of nitrogens with one attached hydrogen (secondary N) is 1. The van der Waals surface area contributed by atoms with Gasteiger partial charge in [0.1, 0.15) is 18.4 Å². The number of carbonyl (C=O) groups is 2. The van der Waals surface area contributed by atoms with Gasteiger partial charge in [-0.05, 0) is 68.0 Å². The molecule has 0 bridgehead atoms. The van der Waals surface area contributed by atoms with E-state index in [0.29, 0.717) is 17.7 Å². The fraction of sp³-hybridized carbons (Fsp3) is 0.500. The number of benzene rings is 2. The smallest absolute Gasteiger partial charge is 0.244 e. The van der Waals surface area contributed by atoms with Gasteiger partial charge in [-0.25, -0.2) is 12.8 Å². The molecule has 202 valence electrons. The van der Waals surface area contributed by atoms with E-state index < -0.39 is 34.3 Å². The Morgan fingerprint density at radius 2 is 1.70 bits per heavy atom. The lowest BCUT2D eigenvalue weighted by molar-refractivity contribution is -0.140. The van der Waals surface area contributed by atoms with Crippen LogP contribution in [0.15, 0.2) is 42.5 Å². The lowest BCUT2D eigenvalue weighted by atomic mass is 9.95. The average molecular weight is 532 g/mol. The topological polar surface area (TPSA) is 86.8 Å². The van der Waals surface area contributed by atoms with Crippen molar-refractivity contribution in [3.63, 3.8) is 0 Å². The quantitative estimate of drug-likeness (QED) is 0.490. The van der Waals surface area contributed by atoms with Crippen molar-refractivity contribution < 1.29 is 22.4 Å². The summed E-state index contributed by atoms with van der Waals surface area (Å²) in [6.07, 6.45) is 6.50. The zero-order valence-electron chi connectivity index (χ0n) is 22.2. The lowest BCUT2D eigenvalue weighted by Gasteiger charge is -2.34. The van der Waals surface area contributed by atoms with Gasteiger partial charge in [0.15, 0.2) is 0 Å². The van der Waals surface area contributed by atoms with Gasteiger partial charge in [-0.15, -0.1) is 0 Å². The molecule has 2 aromatic rings. The minimum atomic E-state index is -3.80. The van der Waals surface area contributed by atoms with Crippen LogP contribution in [0.5, 0.6) is 0 Å². The highest BCUT2D eigenvalue weighted by Gasteiger charge is 2.33. The van der Waals surface area contributed by atoms with E-state index in [9.17, 15) is 22.4 Å². The van der Waals surface area contributed by atoms with E-state index in [0.717, 1.165) is 53.8 Å². The molecule has 0 aliphatic heterocycles. The van der Waals surface area contributed by atoms with Crippen LogP contribution in [0.3, 0.4) is 0 Å². The Balaban J connectivity index is 1.93. The van der Waals surface area contributed by atoms with Crippen LogP contribution in [0.2, 0.25) is 0 Å². The van der Waals surface area contributed by atoms with Crippen molar-refractivity contribution in [3.8, 4) is 0 Å². The highest BCUT2D eigenvalue weighted by molar-refractivity contribution is 7.92. The van der Waals surface area contributed by atoms with Crippen molar-refractivity contribution in [1.29, 1.82) is 0 Å². The zero-order valence-corrected chi connectivity index (χ0v) is 23.0. The SMILES string of the molecule is CC[C@H](C(=O)NC1CCCCC1)N(Cc1ccc(F)cc1)C(=O)CN(c1cc(C)ccc1C)S(C)(=O)=O. The zero-order chi connectivity index (χ0) is 27.2. The molecule has 2 aromatic carbocycles. The molecule has 7 nitrogen and oxygen atoms in total. The maximum Gasteiger partial charge on any atom is 0.244 e. The number of sulfonamides is 1.